The molecule has 0 fully saturated rings. The van der Waals surface area contributed by atoms with E-state index in [0.717, 1.165) is 11.3 Å². The molecule has 0 aliphatic rings. The lowest BCUT2D eigenvalue weighted by molar-refractivity contribution is 0.0701. The van der Waals surface area contributed by atoms with Crippen LogP contribution in [0.1, 0.15) is 28.0 Å². The zero-order valence-corrected chi connectivity index (χ0v) is 13.4. The third kappa shape index (κ3) is 3.08. The van der Waals surface area contributed by atoms with Crippen LogP contribution in [0.3, 0.4) is 0 Å². The predicted octanol–water partition coefficient (Wildman–Crippen LogP) is 2.08. The van der Waals surface area contributed by atoms with E-state index in [1.165, 1.54) is 12.3 Å². The molecule has 2 aromatic rings. The summed E-state index contributed by atoms with van der Waals surface area (Å²) in [5.74, 6) is -0.472. The van der Waals surface area contributed by atoms with E-state index in [1.54, 1.807) is 18.4 Å². The molecular formula is C12H15N3O4S2. The Morgan fingerprint density at radius 2 is 2.14 bits per heavy atom. The number of carboxylic acids is 1. The molecule has 2 heterocycles. The summed E-state index contributed by atoms with van der Waals surface area (Å²) in [7, 11) is -3.82. The van der Waals surface area contributed by atoms with Gasteiger partial charge in [-0.2, -0.15) is 8.42 Å². The number of sulfonamides is 1. The number of aryl methyl sites for hydroxylation is 3. The molecular weight excluding hydrogens is 314 g/mol. The Kier molecular flexibility index (Phi) is 4.06. The van der Waals surface area contributed by atoms with Crippen LogP contribution in [0.15, 0.2) is 17.3 Å². The molecule has 2 aromatic heterocycles. The van der Waals surface area contributed by atoms with Crippen molar-refractivity contribution in [3.63, 3.8) is 0 Å². The third-order valence-corrected chi connectivity index (χ3v) is 5.42. The molecule has 114 valence electrons. The number of hydrogen-bond acceptors (Lipinski definition) is 5. The summed E-state index contributed by atoms with van der Waals surface area (Å²) in [6.07, 6.45) is 1.45. The van der Waals surface area contributed by atoms with E-state index < -0.39 is 16.0 Å². The number of nitrogens with one attached hydrogen (secondary N) is 1. The molecule has 0 saturated heterocycles. The molecule has 0 radical (unpaired) electrons. The van der Waals surface area contributed by atoms with Crippen molar-refractivity contribution in [1.29, 1.82) is 0 Å². The van der Waals surface area contributed by atoms with Gasteiger partial charge in [-0.1, -0.05) is 0 Å². The van der Waals surface area contributed by atoms with Crippen LogP contribution in [0, 0.1) is 13.8 Å². The van der Waals surface area contributed by atoms with E-state index in [4.69, 9.17) is 5.11 Å². The van der Waals surface area contributed by atoms with Gasteiger partial charge in [-0.15, -0.1) is 11.3 Å². The normalized spacial score (nSPS) is 11.6. The molecule has 2 N–H and O–H groups in total. The van der Waals surface area contributed by atoms with Crippen molar-refractivity contribution in [3.8, 4) is 0 Å². The highest BCUT2D eigenvalue weighted by atomic mass is 32.2. The number of hydrogen-bond donors (Lipinski definition) is 2. The van der Waals surface area contributed by atoms with Gasteiger partial charge in [-0.3, -0.25) is 4.72 Å². The highest BCUT2D eigenvalue weighted by molar-refractivity contribution is 7.92. The molecule has 9 heteroatoms. The van der Waals surface area contributed by atoms with Crippen LogP contribution in [0.25, 0.3) is 0 Å². The quantitative estimate of drug-likeness (QED) is 0.874. The average molecular weight is 329 g/mol. The number of thiophene rings is 1. The Labute approximate surface area is 126 Å². The first-order valence-corrected chi connectivity index (χ1v) is 8.45. The van der Waals surface area contributed by atoms with Gasteiger partial charge in [0.1, 0.15) is 15.7 Å². The van der Waals surface area contributed by atoms with E-state index in [1.807, 2.05) is 6.92 Å². The number of aromatic carboxylic acids is 1. The molecule has 0 aliphatic heterocycles. The predicted molar refractivity (Wildman–Crippen MR) is 79.5 cm³/mol. The van der Waals surface area contributed by atoms with E-state index in [9.17, 15) is 13.2 Å². The second kappa shape index (κ2) is 5.49. The fourth-order valence-corrected chi connectivity index (χ4v) is 4.06. The summed E-state index contributed by atoms with van der Waals surface area (Å²) in [5.41, 5.74) is 0.514. The maximum Gasteiger partial charge on any atom is 0.346 e. The largest absolute Gasteiger partial charge is 0.477 e. The van der Waals surface area contributed by atoms with Gasteiger partial charge in [-0.05, 0) is 32.4 Å². The summed E-state index contributed by atoms with van der Waals surface area (Å²) in [6, 6.07) is 1.50. The number of rotatable bonds is 5. The third-order valence-electron chi connectivity index (χ3n) is 2.92. The van der Waals surface area contributed by atoms with Gasteiger partial charge in [0.25, 0.3) is 10.0 Å². The fraction of sp³-hybridized carbons (Fsp3) is 0.333. The van der Waals surface area contributed by atoms with E-state index in [-0.39, 0.29) is 14.9 Å². The van der Waals surface area contributed by atoms with Gasteiger partial charge in [-0.25, -0.2) is 9.78 Å². The number of aromatic nitrogens is 2. The fourth-order valence-electron chi connectivity index (χ4n) is 1.86. The maximum absolute atomic E-state index is 12.2. The summed E-state index contributed by atoms with van der Waals surface area (Å²) < 4.78 is 28.6. The summed E-state index contributed by atoms with van der Waals surface area (Å²) in [6.45, 7) is 5.85. The molecule has 0 amide bonds. The second-order valence-corrected chi connectivity index (χ2v) is 7.13. The minimum absolute atomic E-state index is 0.0789. The van der Waals surface area contributed by atoms with Crippen molar-refractivity contribution < 1.29 is 18.3 Å². The number of carboxylic acid groups (broad SMARTS) is 1. The molecule has 0 spiro atoms. The molecule has 0 bridgehead atoms. The van der Waals surface area contributed by atoms with Crippen LogP contribution >= 0.6 is 11.3 Å². The number of anilines is 1. The zero-order chi connectivity index (χ0) is 15.8. The van der Waals surface area contributed by atoms with Gasteiger partial charge in [0.15, 0.2) is 5.03 Å². The van der Waals surface area contributed by atoms with Crippen LogP contribution in [-0.2, 0) is 16.6 Å². The van der Waals surface area contributed by atoms with E-state index >= 15 is 0 Å². The summed E-state index contributed by atoms with van der Waals surface area (Å²) in [5, 5.41) is 9.16. The lowest BCUT2D eigenvalue weighted by Crippen LogP contribution is -2.12. The highest BCUT2D eigenvalue weighted by Crippen LogP contribution is 2.28. The van der Waals surface area contributed by atoms with Gasteiger partial charge < -0.3 is 9.67 Å². The van der Waals surface area contributed by atoms with Gasteiger partial charge in [0.05, 0.1) is 0 Å². The van der Waals surface area contributed by atoms with Crippen molar-refractivity contribution in [2.75, 3.05) is 4.72 Å². The summed E-state index contributed by atoms with van der Waals surface area (Å²) >= 11 is 0.881. The SMILES string of the molecule is CCn1cc(S(=O)(=O)Nc2cc(C)c(C(=O)O)s2)nc1C. The smallest absolute Gasteiger partial charge is 0.346 e. The van der Waals surface area contributed by atoms with E-state index in [0.29, 0.717) is 17.9 Å². The average Bonchev–Trinajstić information content (AvgIpc) is 2.92. The Hall–Kier alpha value is -1.87. The van der Waals surface area contributed by atoms with Crippen molar-refractivity contribution in [2.45, 2.75) is 32.3 Å². The lowest BCUT2D eigenvalue weighted by Gasteiger charge is -2.01. The molecule has 21 heavy (non-hydrogen) atoms. The van der Waals surface area contributed by atoms with Gasteiger partial charge >= 0.3 is 5.97 Å². The van der Waals surface area contributed by atoms with Crippen LogP contribution in [-0.4, -0.2) is 29.0 Å². The van der Waals surface area contributed by atoms with Crippen molar-refractivity contribution >= 4 is 32.3 Å². The minimum Gasteiger partial charge on any atom is -0.477 e. The standard InChI is InChI=1S/C12H15N3O4S2/c1-4-15-6-10(13-8(15)3)21(18,19)14-9-5-7(2)11(20-9)12(16)17/h5-6,14H,4H2,1-3H3,(H,16,17). The first-order valence-electron chi connectivity index (χ1n) is 6.15. The zero-order valence-electron chi connectivity index (χ0n) is 11.7. The van der Waals surface area contributed by atoms with Crippen LogP contribution in [0.4, 0.5) is 5.00 Å². The Bertz CT molecular complexity index is 790. The molecule has 2 rings (SSSR count). The van der Waals surface area contributed by atoms with Crippen LogP contribution < -0.4 is 4.72 Å². The Balaban J connectivity index is 2.32. The molecule has 0 aromatic carbocycles. The highest BCUT2D eigenvalue weighted by Gasteiger charge is 2.21. The molecule has 0 saturated carbocycles. The Morgan fingerprint density at radius 3 is 2.62 bits per heavy atom. The summed E-state index contributed by atoms with van der Waals surface area (Å²) in [4.78, 5) is 15.1. The number of carbonyl (C=O) groups is 1. The molecule has 0 unspecified atom stereocenters. The van der Waals surface area contributed by atoms with E-state index in [2.05, 4.69) is 9.71 Å². The molecule has 0 aliphatic carbocycles. The second-order valence-electron chi connectivity index (χ2n) is 4.45. The topological polar surface area (TPSA) is 101 Å². The molecule has 0 atom stereocenters. The van der Waals surface area contributed by atoms with Crippen molar-refractivity contribution in [2.24, 2.45) is 0 Å². The van der Waals surface area contributed by atoms with Gasteiger partial charge in [0.2, 0.25) is 0 Å². The first-order chi connectivity index (χ1) is 9.74. The Morgan fingerprint density at radius 1 is 1.48 bits per heavy atom. The minimum atomic E-state index is -3.82. The van der Waals surface area contributed by atoms with Crippen LogP contribution in [0.2, 0.25) is 0 Å². The monoisotopic (exact) mass is 329 g/mol. The number of nitrogens with zero attached hydrogens (tertiary/aromatic N) is 2. The number of imidazole rings is 1. The maximum atomic E-state index is 12.2. The van der Waals surface area contributed by atoms with Crippen LogP contribution in [0.5, 0.6) is 0 Å². The first kappa shape index (κ1) is 15.5. The molecule has 7 nitrogen and oxygen atoms in total. The van der Waals surface area contributed by atoms with Crippen molar-refractivity contribution in [1.82, 2.24) is 9.55 Å². The van der Waals surface area contributed by atoms with Crippen molar-refractivity contribution in [3.05, 3.63) is 28.5 Å². The lowest BCUT2D eigenvalue weighted by atomic mass is 10.3. The van der Waals surface area contributed by atoms with Gasteiger partial charge in [0, 0.05) is 12.7 Å².